The first-order valence-corrected chi connectivity index (χ1v) is 7.28. The van der Waals surface area contributed by atoms with Gasteiger partial charge in [0, 0.05) is 16.1 Å². The molecule has 0 unspecified atom stereocenters. The molecule has 0 saturated carbocycles. The van der Waals surface area contributed by atoms with Crippen molar-refractivity contribution in [2.75, 3.05) is 0 Å². The van der Waals surface area contributed by atoms with Gasteiger partial charge < -0.3 is 0 Å². The Morgan fingerprint density at radius 2 is 1.95 bits per heavy atom. The van der Waals surface area contributed by atoms with Gasteiger partial charge in [-0.05, 0) is 41.3 Å². The average Bonchev–Trinajstić information content (AvgIpc) is 2.87. The maximum absolute atomic E-state index is 13.6. The molecule has 0 radical (unpaired) electrons. The Kier molecular flexibility index (Phi) is 3.55. The molecular formula is C16H10ClFOS. The lowest BCUT2D eigenvalue weighted by Crippen LogP contribution is -2.03. The largest absolute Gasteiger partial charge is 0.293 e. The van der Waals surface area contributed by atoms with Crippen LogP contribution >= 0.6 is 22.9 Å². The van der Waals surface area contributed by atoms with E-state index in [1.807, 2.05) is 30.3 Å². The number of fused-ring (bicyclic) bond motifs is 1. The lowest BCUT2D eigenvalue weighted by molar-refractivity contribution is 0.0996. The van der Waals surface area contributed by atoms with Crippen LogP contribution in [0.3, 0.4) is 0 Å². The van der Waals surface area contributed by atoms with Crippen LogP contribution in [-0.2, 0) is 6.42 Å². The molecule has 0 aliphatic rings. The second-order valence-corrected chi connectivity index (χ2v) is 6.00. The van der Waals surface area contributed by atoms with Crippen molar-refractivity contribution in [1.82, 2.24) is 0 Å². The maximum Gasteiger partial charge on any atom is 0.177 e. The number of hydrogen-bond donors (Lipinski definition) is 0. The smallest absolute Gasteiger partial charge is 0.177 e. The standard InChI is InChI=1S/C16H10ClFOS/c17-12-5-6-13(18)11(7-12)8-14(19)16-9-10-3-1-2-4-15(10)20-16/h1-7,9H,8H2. The summed E-state index contributed by atoms with van der Waals surface area (Å²) in [5, 5.41) is 1.47. The highest BCUT2D eigenvalue weighted by Gasteiger charge is 2.13. The summed E-state index contributed by atoms with van der Waals surface area (Å²) in [6.45, 7) is 0. The average molecular weight is 305 g/mol. The molecular weight excluding hydrogens is 295 g/mol. The fraction of sp³-hybridized carbons (Fsp3) is 0.0625. The summed E-state index contributed by atoms with van der Waals surface area (Å²) in [6, 6.07) is 13.9. The Balaban J connectivity index is 1.90. The van der Waals surface area contributed by atoms with E-state index >= 15 is 0 Å². The van der Waals surface area contributed by atoms with E-state index < -0.39 is 5.82 Å². The van der Waals surface area contributed by atoms with Gasteiger partial charge in [0.1, 0.15) is 5.82 Å². The van der Waals surface area contributed by atoms with Crippen molar-refractivity contribution in [2.45, 2.75) is 6.42 Å². The van der Waals surface area contributed by atoms with Gasteiger partial charge in [0.25, 0.3) is 0 Å². The monoisotopic (exact) mass is 304 g/mol. The molecule has 20 heavy (non-hydrogen) atoms. The van der Waals surface area contributed by atoms with Gasteiger partial charge in [-0.25, -0.2) is 4.39 Å². The second kappa shape index (κ2) is 5.35. The maximum atomic E-state index is 13.6. The van der Waals surface area contributed by atoms with Gasteiger partial charge >= 0.3 is 0 Å². The molecule has 1 aromatic heterocycles. The Morgan fingerprint density at radius 3 is 2.75 bits per heavy atom. The van der Waals surface area contributed by atoms with Crippen molar-refractivity contribution in [3.05, 3.63) is 69.8 Å². The fourth-order valence-electron chi connectivity index (χ4n) is 2.06. The zero-order chi connectivity index (χ0) is 14.1. The number of rotatable bonds is 3. The van der Waals surface area contributed by atoms with Gasteiger partial charge in [0.05, 0.1) is 4.88 Å². The normalized spacial score (nSPS) is 10.9. The first-order chi connectivity index (χ1) is 9.63. The summed E-state index contributed by atoms with van der Waals surface area (Å²) < 4.78 is 14.7. The summed E-state index contributed by atoms with van der Waals surface area (Å²) in [5.74, 6) is -0.490. The summed E-state index contributed by atoms with van der Waals surface area (Å²) in [7, 11) is 0. The van der Waals surface area contributed by atoms with E-state index in [-0.39, 0.29) is 12.2 Å². The van der Waals surface area contributed by atoms with Crippen LogP contribution in [0.25, 0.3) is 10.1 Å². The van der Waals surface area contributed by atoms with Crippen molar-refractivity contribution in [2.24, 2.45) is 0 Å². The van der Waals surface area contributed by atoms with E-state index in [0.29, 0.717) is 15.5 Å². The molecule has 0 aliphatic heterocycles. The zero-order valence-corrected chi connectivity index (χ0v) is 12.0. The Labute approximate surface area is 124 Å². The molecule has 1 nitrogen and oxygen atoms in total. The van der Waals surface area contributed by atoms with Crippen molar-refractivity contribution < 1.29 is 9.18 Å². The molecule has 3 aromatic rings. The van der Waals surface area contributed by atoms with E-state index in [9.17, 15) is 9.18 Å². The molecule has 0 N–H and O–H groups in total. The Hall–Kier alpha value is -1.71. The minimum absolute atomic E-state index is 0.0270. The van der Waals surface area contributed by atoms with Gasteiger partial charge in [-0.3, -0.25) is 4.79 Å². The molecule has 0 aliphatic carbocycles. The van der Waals surface area contributed by atoms with Crippen molar-refractivity contribution in [1.29, 1.82) is 0 Å². The highest BCUT2D eigenvalue weighted by Crippen LogP contribution is 2.27. The van der Waals surface area contributed by atoms with Gasteiger partial charge in [-0.1, -0.05) is 29.8 Å². The number of carbonyl (C=O) groups excluding carboxylic acids is 1. The van der Waals surface area contributed by atoms with Crippen LogP contribution in [-0.4, -0.2) is 5.78 Å². The molecule has 0 bridgehead atoms. The second-order valence-electron chi connectivity index (χ2n) is 4.48. The van der Waals surface area contributed by atoms with Crippen LogP contribution in [0.4, 0.5) is 4.39 Å². The molecule has 4 heteroatoms. The molecule has 1 heterocycles. The molecule has 0 atom stereocenters. The number of halogens is 2. The predicted octanol–water partition coefficient (Wildman–Crippen LogP) is 5.12. The van der Waals surface area contributed by atoms with E-state index in [2.05, 4.69) is 0 Å². The van der Waals surface area contributed by atoms with E-state index in [4.69, 9.17) is 11.6 Å². The van der Waals surface area contributed by atoms with Gasteiger partial charge in [-0.15, -0.1) is 11.3 Å². The molecule has 100 valence electrons. The number of hydrogen-bond acceptors (Lipinski definition) is 2. The van der Waals surface area contributed by atoms with Gasteiger partial charge in [0.2, 0.25) is 0 Å². The topological polar surface area (TPSA) is 17.1 Å². The number of Topliss-reactive ketones (excluding diaryl/α,β-unsaturated/α-hetero) is 1. The SMILES string of the molecule is O=C(Cc1cc(Cl)ccc1F)c1cc2ccccc2s1. The lowest BCUT2D eigenvalue weighted by Gasteiger charge is -2.02. The minimum Gasteiger partial charge on any atom is -0.293 e. The highest BCUT2D eigenvalue weighted by molar-refractivity contribution is 7.20. The van der Waals surface area contributed by atoms with Crippen molar-refractivity contribution in [3.63, 3.8) is 0 Å². The molecule has 0 saturated heterocycles. The van der Waals surface area contributed by atoms with Crippen LogP contribution in [0.2, 0.25) is 5.02 Å². The predicted molar refractivity (Wildman–Crippen MR) is 81.3 cm³/mol. The highest BCUT2D eigenvalue weighted by atomic mass is 35.5. The van der Waals surface area contributed by atoms with Gasteiger partial charge in [-0.2, -0.15) is 0 Å². The zero-order valence-electron chi connectivity index (χ0n) is 10.4. The van der Waals surface area contributed by atoms with Crippen molar-refractivity contribution >= 4 is 38.8 Å². The number of carbonyl (C=O) groups is 1. The summed E-state index contributed by atoms with van der Waals surface area (Å²) >= 11 is 7.26. The van der Waals surface area contributed by atoms with Crippen LogP contribution in [0.5, 0.6) is 0 Å². The number of ketones is 1. The van der Waals surface area contributed by atoms with Crippen LogP contribution in [0.1, 0.15) is 15.2 Å². The Morgan fingerprint density at radius 1 is 1.15 bits per heavy atom. The van der Waals surface area contributed by atoms with E-state index in [0.717, 1.165) is 10.1 Å². The van der Waals surface area contributed by atoms with E-state index in [1.54, 1.807) is 0 Å². The molecule has 0 fully saturated rings. The number of benzene rings is 2. The minimum atomic E-state index is -0.399. The summed E-state index contributed by atoms with van der Waals surface area (Å²) in [4.78, 5) is 12.9. The third kappa shape index (κ3) is 2.60. The lowest BCUT2D eigenvalue weighted by atomic mass is 10.1. The third-order valence-electron chi connectivity index (χ3n) is 3.06. The fourth-order valence-corrected chi connectivity index (χ4v) is 3.25. The summed E-state index contributed by atoms with van der Waals surface area (Å²) in [5.41, 5.74) is 0.333. The van der Waals surface area contributed by atoms with Crippen molar-refractivity contribution in [3.8, 4) is 0 Å². The molecule has 2 aromatic carbocycles. The first-order valence-electron chi connectivity index (χ1n) is 6.09. The molecule has 0 spiro atoms. The quantitative estimate of drug-likeness (QED) is 0.614. The van der Waals surface area contributed by atoms with Crippen LogP contribution < -0.4 is 0 Å². The molecule has 3 rings (SSSR count). The third-order valence-corrected chi connectivity index (χ3v) is 4.45. The van der Waals surface area contributed by atoms with Gasteiger partial charge in [0.15, 0.2) is 5.78 Å². The van der Waals surface area contributed by atoms with E-state index in [1.165, 1.54) is 29.5 Å². The summed E-state index contributed by atoms with van der Waals surface area (Å²) in [6.07, 6.45) is 0.0270. The van der Waals surface area contributed by atoms with Crippen LogP contribution in [0, 0.1) is 5.82 Å². The van der Waals surface area contributed by atoms with Crippen LogP contribution in [0.15, 0.2) is 48.5 Å². The first kappa shape index (κ1) is 13.3. The molecule has 0 amide bonds. The Bertz CT molecular complexity index is 761. The number of thiophene rings is 1.